The summed E-state index contributed by atoms with van der Waals surface area (Å²) in [6.45, 7) is 4.60. The minimum Gasteiger partial charge on any atom is -0.350 e. The van der Waals surface area contributed by atoms with Gasteiger partial charge in [-0.05, 0) is 60.9 Å². The van der Waals surface area contributed by atoms with Crippen LogP contribution < -0.4 is 10.6 Å². The topological polar surface area (TPSA) is 92.2 Å². The van der Waals surface area contributed by atoms with E-state index in [1.54, 1.807) is 21.7 Å². The summed E-state index contributed by atoms with van der Waals surface area (Å²) < 4.78 is 29.0. The fourth-order valence-corrected chi connectivity index (χ4v) is 5.84. The molecule has 2 N–H and O–H groups in total. The van der Waals surface area contributed by atoms with Gasteiger partial charge in [0, 0.05) is 32.6 Å². The number of carbonyl (C=O) groups excluding carboxylic acids is 2. The Morgan fingerprint density at radius 3 is 2.54 bits per heavy atom. The maximum atomic E-state index is 13.6. The van der Waals surface area contributed by atoms with E-state index in [0.717, 1.165) is 48.5 Å². The van der Waals surface area contributed by atoms with Gasteiger partial charge in [0.05, 0.1) is 11.6 Å². The van der Waals surface area contributed by atoms with Crippen LogP contribution in [0.25, 0.3) is 11.0 Å². The van der Waals surface area contributed by atoms with Crippen LogP contribution in [0.5, 0.6) is 0 Å². The number of fused-ring (bicyclic) bond motifs is 1. The largest absolute Gasteiger partial charge is 0.350 e. The van der Waals surface area contributed by atoms with Gasteiger partial charge in [-0.15, -0.1) is 5.10 Å². The zero-order valence-electron chi connectivity index (χ0n) is 22.7. The Kier molecular flexibility index (Phi) is 7.66. The van der Waals surface area contributed by atoms with Gasteiger partial charge in [0.2, 0.25) is 11.8 Å². The Bertz CT molecular complexity index is 1340. The monoisotopic (exact) mass is 538 g/mol. The molecule has 8 nitrogen and oxygen atoms in total. The molecule has 2 aromatic carbocycles. The van der Waals surface area contributed by atoms with Crippen LogP contribution >= 0.6 is 0 Å². The van der Waals surface area contributed by atoms with E-state index in [1.165, 1.54) is 12.1 Å². The Morgan fingerprint density at radius 1 is 1.10 bits per heavy atom. The van der Waals surface area contributed by atoms with Crippen molar-refractivity contribution in [2.24, 2.45) is 18.9 Å². The number of amides is 2. The first-order valence-corrected chi connectivity index (χ1v) is 13.7. The second-order valence-corrected chi connectivity index (χ2v) is 11.1. The quantitative estimate of drug-likeness (QED) is 0.458. The standard InChI is InChI=1S/C29H36F2N6O2/c1-4-18-12-24(32-15-18)28(39)37-17-21(11-19-5-8-22(9-6-19)29(2,30)31)14-26(37)27(38)33-16-20-7-10-25-23(13-20)34-35-36(25)3/h5-10,13,18,21,24,26,32H,4,11-12,14-17H2,1-3H3,(H,33,38)/t18-,21-,24-,26+/m1/s1. The van der Waals surface area contributed by atoms with Crippen LogP contribution in [0, 0.1) is 11.8 Å². The summed E-state index contributed by atoms with van der Waals surface area (Å²) in [6, 6.07) is 11.3. The number of carbonyl (C=O) groups is 2. The fourth-order valence-electron chi connectivity index (χ4n) is 5.84. The molecule has 3 heterocycles. The van der Waals surface area contributed by atoms with Gasteiger partial charge in [-0.2, -0.15) is 0 Å². The van der Waals surface area contributed by atoms with Crippen molar-refractivity contribution in [3.63, 3.8) is 0 Å². The molecule has 5 rings (SSSR count). The van der Waals surface area contributed by atoms with E-state index in [9.17, 15) is 18.4 Å². The summed E-state index contributed by atoms with van der Waals surface area (Å²) in [5.74, 6) is -2.60. The van der Waals surface area contributed by atoms with Crippen molar-refractivity contribution < 1.29 is 18.4 Å². The van der Waals surface area contributed by atoms with E-state index >= 15 is 0 Å². The van der Waals surface area contributed by atoms with Crippen LogP contribution in [0.1, 0.15) is 49.8 Å². The lowest BCUT2D eigenvalue weighted by Gasteiger charge is -2.27. The third-order valence-corrected chi connectivity index (χ3v) is 8.20. The van der Waals surface area contributed by atoms with Gasteiger partial charge in [0.1, 0.15) is 11.6 Å². The number of likely N-dealkylation sites (tertiary alicyclic amines) is 1. The molecule has 2 amide bonds. The predicted octanol–water partition coefficient (Wildman–Crippen LogP) is 3.54. The molecular weight excluding hydrogens is 502 g/mol. The van der Waals surface area contributed by atoms with Gasteiger partial charge in [-0.1, -0.05) is 48.9 Å². The van der Waals surface area contributed by atoms with E-state index < -0.39 is 12.0 Å². The van der Waals surface area contributed by atoms with Crippen molar-refractivity contribution in [2.45, 2.75) is 64.1 Å². The summed E-state index contributed by atoms with van der Waals surface area (Å²) in [5, 5.41) is 14.5. The SMILES string of the molecule is CC[C@H]1CN[C@@H](C(=O)N2C[C@H](Cc3ccc(C(C)(F)F)cc3)C[C@H]2C(=O)NCc2ccc3c(c2)nnn3C)C1. The summed E-state index contributed by atoms with van der Waals surface area (Å²) >= 11 is 0. The molecule has 0 bridgehead atoms. The number of aromatic nitrogens is 3. The molecule has 0 unspecified atom stereocenters. The second-order valence-electron chi connectivity index (χ2n) is 11.1. The lowest BCUT2D eigenvalue weighted by atomic mass is 9.95. The number of hydrogen-bond acceptors (Lipinski definition) is 5. The molecule has 1 aromatic heterocycles. The molecule has 0 spiro atoms. The first-order valence-electron chi connectivity index (χ1n) is 13.7. The first-order chi connectivity index (χ1) is 18.6. The molecule has 2 aliphatic rings. The molecule has 3 aromatic rings. The summed E-state index contributed by atoms with van der Waals surface area (Å²) in [6.07, 6.45) is 2.92. The molecule has 39 heavy (non-hydrogen) atoms. The lowest BCUT2D eigenvalue weighted by Crippen LogP contribution is -2.51. The number of benzene rings is 2. The number of nitrogens with zero attached hydrogens (tertiary/aromatic N) is 4. The third kappa shape index (κ3) is 5.95. The Hall–Kier alpha value is -3.40. The van der Waals surface area contributed by atoms with Crippen molar-refractivity contribution in [1.82, 2.24) is 30.5 Å². The Morgan fingerprint density at radius 2 is 1.85 bits per heavy atom. The average molecular weight is 539 g/mol. The highest BCUT2D eigenvalue weighted by molar-refractivity contribution is 5.90. The van der Waals surface area contributed by atoms with Crippen molar-refractivity contribution in [1.29, 1.82) is 0 Å². The molecule has 0 saturated carbocycles. The number of rotatable bonds is 8. The van der Waals surface area contributed by atoms with Crippen molar-refractivity contribution >= 4 is 22.8 Å². The number of aryl methyl sites for hydroxylation is 1. The Balaban J connectivity index is 1.29. The van der Waals surface area contributed by atoms with Crippen LogP contribution in [-0.2, 0) is 35.5 Å². The fraction of sp³-hybridized carbons (Fsp3) is 0.517. The molecule has 10 heteroatoms. The number of alkyl halides is 2. The van der Waals surface area contributed by atoms with Crippen LogP contribution in [0.2, 0.25) is 0 Å². The summed E-state index contributed by atoms with van der Waals surface area (Å²) in [5.41, 5.74) is 3.46. The van der Waals surface area contributed by atoms with Crippen LogP contribution in [-0.4, -0.2) is 56.9 Å². The number of halogens is 2. The number of nitrogens with one attached hydrogen (secondary N) is 2. The molecule has 2 saturated heterocycles. The van der Waals surface area contributed by atoms with Gasteiger partial charge in [0.25, 0.3) is 5.92 Å². The van der Waals surface area contributed by atoms with E-state index in [-0.39, 0.29) is 29.3 Å². The highest BCUT2D eigenvalue weighted by Crippen LogP contribution is 2.31. The minimum absolute atomic E-state index is 0.0239. The summed E-state index contributed by atoms with van der Waals surface area (Å²) in [4.78, 5) is 28.8. The molecule has 4 atom stereocenters. The van der Waals surface area contributed by atoms with E-state index in [4.69, 9.17) is 0 Å². The van der Waals surface area contributed by atoms with Crippen molar-refractivity contribution in [3.8, 4) is 0 Å². The predicted molar refractivity (Wildman–Crippen MR) is 144 cm³/mol. The van der Waals surface area contributed by atoms with Gasteiger partial charge in [-0.3, -0.25) is 9.59 Å². The number of hydrogen-bond donors (Lipinski definition) is 2. The highest BCUT2D eigenvalue weighted by Gasteiger charge is 2.43. The molecule has 0 aliphatic carbocycles. The van der Waals surface area contributed by atoms with Gasteiger partial charge >= 0.3 is 0 Å². The normalized spacial score (nSPS) is 23.5. The van der Waals surface area contributed by atoms with Crippen LogP contribution in [0.15, 0.2) is 42.5 Å². The maximum absolute atomic E-state index is 13.6. The van der Waals surface area contributed by atoms with Crippen molar-refractivity contribution in [2.75, 3.05) is 13.1 Å². The van der Waals surface area contributed by atoms with Crippen molar-refractivity contribution in [3.05, 3.63) is 59.2 Å². The smallest absolute Gasteiger partial charge is 0.270 e. The van der Waals surface area contributed by atoms with Gasteiger partial charge in [0.15, 0.2) is 0 Å². The van der Waals surface area contributed by atoms with E-state index in [1.807, 2.05) is 25.2 Å². The second kappa shape index (κ2) is 11.0. The highest BCUT2D eigenvalue weighted by atomic mass is 19.3. The molecular formula is C29H36F2N6O2. The first kappa shape index (κ1) is 27.2. The zero-order chi connectivity index (χ0) is 27.7. The van der Waals surface area contributed by atoms with Crippen LogP contribution in [0.3, 0.4) is 0 Å². The molecule has 208 valence electrons. The summed E-state index contributed by atoms with van der Waals surface area (Å²) in [7, 11) is 1.83. The maximum Gasteiger partial charge on any atom is 0.270 e. The van der Waals surface area contributed by atoms with Gasteiger partial charge in [-0.25, -0.2) is 13.5 Å². The minimum atomic E-state index is -2.89. The van der Waals surface area contributed by atoms with E-state index in [2.05, 4.69) is 27.9 Å². The zero-order valence-corrected chi connectivity index (χ0v) is 22.7. The lowest BCUT2D eigenvalue weighted by molar-refractivity contribution is -0.139. The average Bonchev–Trinajstić information content (AvgIpc) is 3.65. The Labute approximate surface area is 227 Å². The third-order valence-electron chi connectivity index (χ3n) is 8.20. The molecule has 0 radical (unpaired) electrons. The molecule has 2 fully saturated rings. The van der Waals surface area contributed by atoms with E-state index in [0.29, 0.717) is 31.8 Å². The van der Waals surface area contributed by atoms with Crippen LogP contribution in [0.4, 0.5) is 8.78 Å². The molecule has 2 aliphatic heterocycles. The van der Waals surface area contributed by atoms with Gasteiger partial charge < -0.3 is 15.5 Å².